The quantitative estimate of drug-likeness (QED) is 0.839. The minimum Gasteiger partial charge on any atom is -0.493 e. The molecular weight excluding hydrogens is 310 g/mol. The van der Waals surface area contributed by atoms with Crippen molar-refractivity contribution in [2.24, 2.45) is 0 Å². The fourth-order valence-corrected chi connectivity index (χ4v) is 3.07. The molecular formula is C15H18ClNO3S. The molecule has 0 aliphatic carbocycles. The lowest BCUT2D eigenvalue weighted by Gasteiger charge is -2.13. The van der Waals surface area contributed by atoms with Crippen LogP contribution in [0.25, 0.3) is 0 Å². The highest BCUT2D eigenvalue weighted by Gasteiger charge is 2.13. The number of methoxy groups -OCH3 is 1. The summed E-state index contributed by atoms with van der Waals surface area (Å²) in [5, 5.41) is 12.7. The van der Waals surface area contributed by atoms with Gasteiger partial charge in [0.2, 0.25) is 0 Å². The first-order chi connectivity index (χ1) is 10.2. The third kappa shape index (κ3) is 4.09. The highest BCUT2D eigenvalue weighted by atomic mass is 35.5. The molecule has 21 heavy (non-hydrogen) atoms. The van der Waals surface area contributed by atoms with Gasteiger partial charge in [-0.2, -0.15) is 0 Å². The fraction of sp³-hybridized carbons (Fsp3) is 0.400. The molecule has 1 aromatic carbocycles. The molecule has 1 N–H and O–H groups in total. The Labute approximate surface area is 133 Å². The van der Waals surface area contributed by atoms with Crippen molar-refractivity contribution in [1.82, 2.24) is 4.98 Å². The van der Waals surface area contributed by atoms with Crippen LogP contribution in [0.15, 0.2) is 17.5 Å². The Balaban J connectivity index is 2.11. The number of rotatable bonds is 7. The molecule has 0 amide bonds. The van der Waals surface area contributed by atoms with E-state index in [9.17, 15) is 5.11 Å². The molecule has 0 aliphatic heterocycles. The summed E-state index contributed by atoms with van der Waals surface area (Å²) in [4.78, 5) is 4.50. The number of benzene rings is 1. The Morgan fingerprint density at radius 3 is 2.86 bits per heavy atom. The van der Waals surface area contributed by atoms with Gasteiger partial charge in [0.25, 0.3) is 0 Å². The third-order valence-electron chi connectivity index (χ3n) is 2.90. The molecule has 1 heterocycles. The summed E-state index contributed by atoms with van der Waals surface area (Å²) < 4.78 is 11.0. The maximum atomic E-state index is 9.17. The van der Waals surface area contributed by atoms with E-state index in [0.29, 0.717) is 28.7 Å². The Kier molecular flexibility index (Phi) is 5.85. The SMILES string of the molecule is CCCc1nc(COc2c(Cl)cc(CO)cc2OC)cs1. The number of aliphatic hydroxyl groups excluding tert-OH is 1. The van der Waals surface area contributed by atoms with Gasteiger partial charge in [0, 0.05) is 5.38 Å². The maximum absolute atomic E-state index is 9.17. The zero-order chi connectivity index (χ0) is 15.2. The lowest BCUT2D eigenvalue weighted by atomic mass is 10.2. The number of hydrogen-bond donors (Lipinski definition) is 1. The average molecular weight is 328 g/mol. The van der Waals surface area contributed by atoms with Crippen molar-refractivity contribution in [2.75, 3.05) is 7.11 Å². The van der Waals surface area contributed by atoms with Crippen LogP contribution >= 0.6 is 22.9 Å². The van der Waals surface area contributed by atoms with Gasteiger partial charge in [-0.05, 0) is 30.5 Å². The Morgan fingerprint density at radius 1 is 1.38 bits per heavy atom. The fourth-order valence-electron chi connectivity index (χ4n) is 1.89. The summed E-state index contributed by atoms with van der Waals surface area (Å²) in [5.74, 6) is 0.983. The van der Waals surface area contributed by atoms with Crippen LogP contribution in [-0.4, -0.2) is 17.2 Å². The van der Waals surface area contributed by atoms with Crippen LogP contribution in [0.1, 0.15) is 29.6 Å². The van der Waals surface area contributed by atoms with E-state index >= 15 is 0 Å². The normalized spacial score (nSPS) is 10.7. The van der Waals surface area contributed by atoms with Crippen LogP contribution in [0.4, 0.5) is 0 Å². The van der Waals surface area contributed by atoms with Gasteiger partial charge in [-0.3, -0.25) is 0 Å². The van der Waals surface area contributed by atoms with Gasteiger partial charge >= 0.3 is 0 Å². The Bertz CT molecular complexity index is 601. The summed E-state index contributed by atoms with van der Waals surface area (Å²) >= 11 is 7.82. The van der Waals surface area contributed by atoms with Crippen molar-refractivity contribution in [2.45, 2.75) is 33.0 Å². The van der Waals surface area contributed by atoms with Gasteiger partial charge in [-0.1, -0.05) is 18.5 Å². The number of ether oxygens (including phenoxy) is 2. The molecule has 0 saturated heterocycles. The van der Waals surface area contributed by atoms with Crippen molar-refractivity contribution in [3.05, 3.63) is 38.8 Å². The molecule has 2 rings (SSSR count). The second kappa shape index (κ2) is 7.64. The van der Waals surface area contributed by atoms with Crippen LogP contribution in [0, 0.1) is 0 Å². The number of aliphatic hydroxyl groups is 1. The van der Waals surface area contributed by atoms with Gasteiger partial charge < -0.3 is 14.6 Å². The summed E-state index contributed by atoms with van der Waals surface area (Å²) in [6, 6.07) is 3.38. The third-order valence-corrected chi connectivity index (χ3v) is 4.14. The lowest BCUT2D eigenvalue weighted by molar-refractivity contribution is 0.273. The number of aryl methyl sites for hydroxylation is 1. The number of aromatic nitrogens is 1. The van der Waals surface area contributed by atoms with Crippen LogP contribution in [0.3, 0.4) is 0 Å². The van der Waals surface area contributed by atoms with E-state index in [2.05, 4.69) is 11.9 Å². The van der Waals surface area contributed by atoms with E-state index in [1.54, 1.807) is 30.6 Å². The molecule has 0 fully saturated rings. The maximum Gasteiger partial charge on any atom is 0.180 e. The largest absolute Gasteiger partial charge is 0.493 e. The van der Waals surface area contributed by atoms with Crippen LogP contribution in [0.2, 0.25) is 5.02 Å². The highest BCUT2D eigenvalue weighted by molar-refractivity contribution is 7.09. The minimum atomic E-state index is -0.0944. The van der Waals surface area contributed by atoms with Gasteiger partial charge in [0.05, 0.1) is 29.4 Å². The van der Waals surface area contributed by atoms with Gasteiger partial charge in [0.15, 0.2) is 11.5 Å². The molecule has 0 atom stereocenters. The number of hydrogen-bond acceptors (Lipinski definition) is 5. The highest BCUT2D eigenvalue weighted by Crippen LogP contribution is 2.37. The lowest BCUT2D eigenvalue weighted by Crippen LogP contribution is -2.00. The molecule has 0 spiro atoms. The standard InChI is InChI=1S/C15H18ClNO3S/c1-3-4-14-17-11(9-21-14)8-20-15-12(16)5-10(7-18)6-13(15)19-2/h5-6,9,18H,3-4,7-8H2,1-2H3. The number of thiazole rings is 1. The first-order valence-corrected chi connectivity index (χ1v) is 7.97. The smallest absolute Gasteiger partial charge is 0.180 e. The van der Waals surface area contributed by atoms with Crippen molar-refractivity contribution in [1.29, 1.82) is 0 Å². The molecule has 4 nitrogen and oxygen atoms in total. The van der Waals surface area contributed by atoms with E-state index in [4.69, 9.17) is 21.1 Å². The molecule has 0 unspecified atom stereocenters. The van der Waals surface area contributed by atoms with Crippen molar-refractivity contribution >= 4 is 22.9 Å². The second-order valence-corrected chi connectivity index (χ2v) is 5.89. The van der Waals surface area contributed by atoms with E-state index in [1.165, 1.54) is 0 Å². The molecule has 1 aromatic heterocycles. The predicted molar refractivity (Wildman–Crippen MR) is 84.4 cm³/mol. The molecule has 2 aromatic rings. The molecule has 0 aliphatic rings. The Hall–Kier alpha value is -1.30. The second-order valence-electron chi connectivity index (χ2n) is 4.54. The number of halogens is 1. The minimum absolute atomic E-state index is 0.0944. The molecule has 6 heteroatoms. The van der Waals surface area contributed by atoms with Gasteiger partial charge in [0.1, 0.15) is 6.61 Å². The summed E-state index contributed by atoms with van der Waals surface area (Å²) in [5.41, 5.74) is 1.57. The summed E-state index contributed by atoms with van der Waals surface area (Å²) in [6.45, 7) is 2.38. The van der Waals surface area contributed by atoms with E-state index in [-0.39, 0.29) is 6.61 Å². The van der Waals surface area contributed by atoms with Crippen LogP contribution in [0.5, 0.6) is 11.5 Å². The van der Waals surface area contributed by atoms with E-state index in [0.717, 1.165) is 23.5 Å². The molecule has 0 bridgehead atoms. The summed E-state index contributed by atoms with van der Waals surface area (Å²) in [6.07, 6.45) is 2.07. The van der Waals surface area contributed by atoms with E-state index in [1.807, 2.05) is 5.38 Å². The van der Waals surface area contributed by atoms with Crippen molar-refractivity contribution < 1.29 is 14.6 Å². The molecule has 114 valence electrons. The van der Waals surface area contributed by atoms with Gasteiger partial charge in [-0.15, -0.1) is 11.3 Å². The van der Waals surface area contributed by atoms with Crippen molar-refractivity contribution in [3.8, 4) is 11.5 Å². The predicted octanol–water partition coefficient (Wildman–Crippen LogP) is 3.83. The van der Waals surface area contributed by atoms with Gasteiger partial charge in [-0.25, -0.2) is 4.98 Å². The topological polar surface area (TPSA) is 51.6 Å². The molecule has 0 radical (unpaired) electrons. The Morgan fingerprint density at radius 2 is 2.19 bits per heavy atom. The average Bonchev–Trinajstić information content (AvgIpc) is 2.93. The first kappa shape index (κ1) is 16.1. The molecule has 0 saturated carbocycles. The monoisotopic (exact) mass is 327 g/mol. The van der Waals surface area contributed by atoms with Crippen LogP contribution < -0.4 is 9.47 Å². The van der Waals surface area contributed by atoms with Crippen LogP contribution in [-0.2, 0) is 19.6 Å². The zero-order valence-corrected chi connectivity index (χ0v) is 13.6. The number of nitrogens with zero attached hydrogens (tertiary/aromatic N) is 1. The zero-order valence-electron chi connectivity index (χ0n) is 12.1. The summed E-state index contributed by atoms with van der Waals surface area (Å²) in [7, 11) is 1.54. The van der Waals surface area contributed by atoms with Crippen molar-refractivity contribution in [3.63, 3.8) is 0 Å². The first-order valence-electron chi connectivity index (χ1n) is 6.71. The van der Waals surface area contributed by atoms with E-state index < -0.39 is 0 Å².